The number of aromatic nitrogens is 1. The first-order chi connectivity index (χ1) is 10.0. The van der Waals surface area contributed by atoms with Gasteiger partial charge in [-0.25, -0.2) is 0 Å². The van der Waals surface area contributed by atoms with Crippen LogP contribution in [0.4, 0.5) is 0 Å². The van der Waals surface area contributed by atoms with Crippen LogP contribution in [0.1, 0.15) is 22.4 Å². The Balaban J connectivity index is 2.11. The molecule has 0 aliphatic carbocycles. The van der Waals surface area contributed by atoms with Gasteiger partial charge in [-0.05, 0) is 38.0 Å². The van der Waals surface area contributed by atoms with Gasteiger partial charge < -0.3 is 10.5 Å². The second-order valence-electron chi connectivity index (χ2n) is 5.34. The van der Waals surface area contributed by atoms with Gasteiger partial charge in [-0.15, -0.1) is 0 Å². The predicted molar refractivity (Wildman–Crippen MR) is 89.8 cm³/mol. The lowest BCUT2D eigenvalue weighted by molar-refractivity contribution is 0.406. The summed E-state index contributed by atoms with van der Waals surface area (Å²) in [5.74, 6) is 0.912. The fraction of sp³-hybridized carbons (Fsp3) is 0.353. The minimum atomic E-state index is 0.0397. The number of methoxy groups -OCH3 is 1. The number of aryl methyl sites for hydroxylation is 1. The molecule has 0 aliphatic rings. The molecule has 1 atom stereocenters. The van der Waals surface area contributed by atoms with Gasteiger partial charge in [-0.2, -0.15) is 0 Å². The molecule has 0 saturated heterocycles. The molecule has 0 radical (unpaired) electrons. The van der Waals surface area contributed by atoms with Crippen LogP contribution in [-0.2, 0) is 12.8 Å². The van der Waals surface area contributed by atoms with Crippen LogP contribution in [0.5, 0.6) is 5.75 Å². The molecule has 0 spiro atoms. The van der Waals surface area contributed by atoms with Crippen LogP contribution < -0.4 is 10.5 Å². The number of nitrogens with zero attached hydrogens (tertiary/aromatic N) is 1. The van der Waals surface area contributed by atoms with E-state index in [0.29, 0.717) is 0 Å². The van der Waals surface area contributed by atoms with Crippen molar-refractivity contribution in [2.75, 3.05) is 7.11 Å². The van der Waals surface area contributed by atoms with Gasteiger partial charge in [-0.1, -0.05) is 28.1 Å². The van der Waals surface area contributed by atoms with E-state index in [4.69, 9.17) is 10.5 Å². The van der Waals surface area contributed by atoms with Crippen molar-refractivity contribution >= 4 is 15.9 Å². The van der Waals surface area contributed by atoms with E-state index in [1.54, 1.807) is 7.11 Å². The quantitative estimate of drug-likeness (QED) is 0.898. The van der Waals surface area contributed by atoms with Gasteiger partial charge in [0.05, 0.1) is 7.11 Å². The zero-order valence-electron chi connectivity index (χ0n) is 12.7. The molecular formula is C17H21BrN2O. The normalized spacial score (nSPS) is 12.2. The molecule has 2 N–H and O–H groups in total. The summed E-state index contributed by atoms with van der Waals surface area (Å²) in [6.07, 6.45) is 3.43. The molecule has 1 heterocycles. The minimum Gasteiger partial charge on any atom is -0.496 e. The highest BCUT2D eigenvalue weighted by molar-refractivity contribution is 9.10. The Labute approximate surface area is 134 Å². The van der Waals surface area contributed by atoms with Crippen LogP contribution in [0, 0.1) is 13.8 Å². The molecule has 0 fully saturated rings. The van der Waals surface area contributed by atoms with Crippen molar-refractivity contribution in [3.05, 3.63) is 57.3 Å². The molecule has 3 nitrogen and oxygen atoms in total. The van der Waals surface area contributed by atoms with Crippen LogP contribution >= 0.6 is 15.9 Å². The van der Waals surface area contributed by atoms with Crippen molar-refractivity contribution in [1.29, 1.82) is 0 Å². The minimum absolute atomic E-state index is 0.0397. The maximum absolute atomic E-state index is 6.29. The summed E-state index contributed by atoms with van der Waals surface area (Å²) in [6, 6.07) is 8.30. The molecule has 1 aromatic heterocycles. The largest absolute Gasteiger partial charge is 0.496 e. The summed E-state index contributed by atoms with van der Waals surface area (Å²) in [4.78, 5) is 4.52. The Morgan fingerprint density at radius 1 is 1.29 bits per heavy atom. The number of ether oxygens (including phenoxy) is 1. The summed E-state index contributed by atoms with van der Waals surface area (Å²) >= 11 is 3.49. The lowest BCUT2D eigenvalue weighted by atomic mass is 9.99. The third kappa shape index (κ3) is 4.05. The zero-order valence-corrected chi connectivity index (χ0v) is 14.3. The van der Waals surface area contributed by atoms with Crippen molar-refractivity contribution in [3.8, 4) is 5.75 Å². The van der Waals surface area contributed by atoms with Gasteiger partial charge in [0.2, 0.25) is 0 Å². The smallest absolute Gasteiger partial charge is 0.128 e. The van der Waals surface area contributed by atoms with E-state index < -0.39 is 0 Å². The Kier molecular flexibility index (Phi) is 5.37. The van der Waals surface area contributed by atoms with E-state index in [9.17, 15) is 0 Å². The van der Waals surface area contributed by atoms with E-state index >= 15 is 0 Å². The van der Waals surface area contributed by atoms with E-state index in [-0.39, 0.29) is 6.04 Å². The molecule has 2 aromatic rings. The SMILES string of the molecule is COc1c(C)cnc(CC(N)Cc2cccc(Br)c2)c1C. The molecule has 1 aromatic carbocycles. The molecule has 0 aliphatic heterocycles. The molecule has 21 heavy (non-hydrogen) atoms. The van der Waals surface area contributed by atoms with Gasteiger partial charge in [0.25, 0.3) is 0 Å². The molecule has 0 saturated carbocycles. The van der Waals surface area contributed by atoms with Gasteiger partial charge in [0.15, 0.2) is 0 Å². The summed E-state index contributed by atoms with van der Waals surface area (Å²) in [7, 11) is 1.69. The third-order valence-corrected chi connectivity index (χ3v) is 4.09. The predicted octanol–water partition coefficient (Wildman–Crippen LogP) is 3.58. The van der Waals surface area contributed by atoms with Gasteiger partial charge >= 0.3 is 0 Å². The molecular weight excluding hydrogens is 328 g/mol. The van der Waals surface area contributed by atoms with Crippen LogP contribution in [0.3, 0.4) is 0 Å². The first-order valence-electron chi connectivity index (χ1n) is 7.00. The van der Waals surface area contributed by atoms with Gasteiger partial charge in [0, 0.05) is 40.0 Å². The maximum Gasteiger partial charge on any atom is 0.128 e. The monoisotopic (exact) mass is 348 g/mol. The summed E-state index contributed by atoms with van der Waals surface area (Å²) in [5, 5.41) is 0. The first-order valence-corrected chi connectivity index (χ1v) is 7.79. The average Bonchev–Trinajstić information content (AvgIpc) is 2.42. The molecule has 112 valence electrons. The third-order valence-electron chi connectivity index (χ3n) is 3.59. The van der Waals surface area contributed by atoms with Crippen LogP contribution in [0.2, 0.25) is 0 Å². The highest BCUT2D eigenvalue weighted by Crippen LogP contribution is 2.25. The molecule has 4 heteroatoms. The fourth-order valence-electron chi connectivity index (χ4n) is 2.56. The number of benzene rings is 1. The number of halogens is 1. The van der Waals surface area contributed by atoms with Crippen molar-refractivity contribution < 1.29 is 4.74 Å². The number of nitrogens with two attached hydrogens (primary N) is 1. The number of hydrogen-bond acceptors (Lipinski definition) is 3. The molecule has 0 amide bonds. The second-order valence-corrected chi connectivity index (χ2v) is 6.26. The molecule has 2 rings (SSSR count). The second kappa shape index (κ2) is 7.05. The lowest BCUT2D eigenvalue weighted by Crippen LogP contribution is -2.26. The summed E-state index contributed by atoms with van der Waals surface area (Å²) in [6.45, 7) is 4.05. The number of hydrogen-bond donors (Lipinski definition) is 1. The fourth-order valence-corrected chi connectivity index (χ4v) is 3.01. The topological polar surface area (TPSA) is 48.1 Å². The van der Waals surface area contributed by atoms with E-state index in [1.807, 2.05) is 32.2 Å². The van der Waals surface area contributed by atoms with Gasteiger partial charge in [-0.3, -0.25) is 4.98 Å². The van der Waals surface area contributed by atoms with Crippen molar-refractivity contribution in [3.63, 3.8) is 0 Å². The van der Waals surface area contributed by atoms with Gasteiger partial charge in [0.1, 0.15) is 5.75 Å². The highest BCUT2D eigenvalue weighted by atomic mass is 79.9. The molecule has 1 unspecified atom stereocenters. The summed E-state index contributed by atoms with van der Waals surface area (Å²) in [5.41, 5.74) is 10.7. The van der Waals surface area contributed by atoms with Crippen LogP contribution in [-0.4, -0.2) is 18.1 Å². The average molecular weight is 349 g/mol. The van der Waals surface area contributed by atoms with Crippen molar-refractivity contribution in [2.45, 2.75) is 32.7 Å². The summed E-state index contributed by atoms with van der Waals surface area (Å²) < 4.78 is 6.53. The standard InChI is InChI=1S/C17H21BrN2O/c1-11-10-20-16(12(2)17(11)21-3)9-15(19)8-13-5-4-6-14(18)7-13/h4-7,10,15H,8-9,19H2,1-3H3. The Morgan fingerprint density at radius 2 is 2.05 bits per heavy atom. The van der Waals surface area contributed by atoms with Crippen LogP contribution in [0.25, 0.3) is 0 Å². The van der Waals surface area contributed by atoms with Crippen molar-refractivity contribution in [1.82, 2.24) is 4.98 Å². The number of pyridine rings is 1. The Bertz CT molecular complexity index is 628. The van der Waals surface area contributed by atoms with E-state index in [0.717, 1.165) is 39.9 Å². The van der Waals surface area contributed by atoms with E-state index in [1.165, 1.54) is 5.56 Å². The Morgan fingerprint density at radius 3 is 2.71 bits per heavy atom. The van der Waals surface area contributed by atoms with E-state index in [2.05, 4.69) is 33.0 Å². The lowest BCUT2D eigenvalue weighted by Gasteiger charge is -2.16. The number of rotatable bonds is 5. The zero-order chi connectivity index (χ0) is 15.4. The molecule has 0 bridgehead atoms. The van der Waals surface area contributed by atoms with Crippen molar-refractivity contribution in [2.24, 2.45) is 5.73 Å². The maximum atomic E-state index is 6.29. The van der Waals surface area contributed by atoms with Crippen LogP contribution in [0.15, 0.2) is 34.9 Å². The highest BCUT2D eigenvalue weighted by Gasteiger charge is 2.13. The first kappa shape index (κ1) is 16.0. The Hall–Kier alpha value is -1.39.